The molecule has 2 N–H and O–H groups in total. The minimum atomic E-state index is 0.0157. The van der Waals surface area contributed by atoms with E-state index in [1.165, 1.54) is 0 Å². The summed E-state index contributed by atoms with van der Waals surface area (Å²) in [7, 11) is 5.07. The average Bonchev–Trinajstić information content (AvgIpc) is 3.05. The number of rotatable bonds is 6. The maximum atomic E-state index is 5.61. The van der Waals surface area contributed by atoms with Crippen molar-refractivity contribution >= 4 is 17.6 Å². The first-order chi connectivity index (χ1) is 11.7. The van der Waals surface area contributed by atoms with Gasteiger partial charge in [0.25, 0.3) is 0 Å². The number of anilines is 3. The zero-order valence-corrected chi connectivity index (χ0v) is 13.9. The Morgan fingerprint density at radius 3 is 2.71 bits per heavy atom. The molecule has 9 nitrogen and oxygen atoms in total. The zero-order chi connectivity index (χ0) is 16.9. The smallest absolute Gasteiger partial charge is 0.233 e. The molecule has 24 heavy (non-hydrogen) atoms. The molecule has 2 aromatic rings. The van der Waals surface area contributed by atoms with Gasteiger partial charge in [0.15, 0.2) is 0 Å². The van der Waals surface area contributed by atoms with E-state index in [-0.39, 0.29) is 12.1 Å². The van der Waals surface area contributed by atoms with Crippen LogP contribution in [0.3, 0.4) is 0 Å². The summed E-state index contributed by atoms with van der Waals surface area (Å²) in [5, 5.41) is 14.4. The molecule has 0 unspecified atom stereocenters. The molecular weight excluding hydrogens is 310 g/mol. The largest absolute Gasteiger partial charge is 0.480 e. The van der Waals surface area contributed by atoms with Crippen LogP contribution in [0.4, 0.5) is 17.6 Å². The van der Waals surface area contributed by atoms with Crippen molar-refractivity contribution in [3.63, 3.8) is 0 Å². The lowest BCUT2D eigenvalue weighted by Crippen LogP contribution is -2.34. The van der Waals surface area contributed by atoms with Crippen molar-refractivity contribution in [3.8, 4) is 5.88 Å². The molecule has 2 aromatic heterocycles. The van der Waals surface area contributed by atoms with Crippen molar-refractivity contribution in [2.24, 2.45) is 0 Å². The summed E-state index contributed by atoms with van der Waals surface area (Å²) in [6, 6.07) is 5.58. The molecule has 0 bridgehead atoms. The standard InChI is InChI=1S/C15H21N7O2/c1-16-15-17-7-6-13(19-15)22-8-10(11(9-22)23-2)18-12-4-5-14(24-3)21-20-12/h4-7,10-11H,8-9H2,1-3H3,(H,18,20)(H,16,17,19)/t10-,11+/m1/s1. The van der Waals surface area contributed by atoms with Crippen LogP contribution < -0.4 is 20.3 Å². The predicted octanol–water partition coefficient (Wildman–Crippen LogP) is 0.633. The molecule has 3 heterocycles. The van der Waals surface area contributed by atoms with E-state index < -0.39 is 0 Å². The van der Waals surface area contributed by atoms with Gasteiger partial charge in [0, 0.05) is 39.5 Å². The highest BCUT2D eigenvalue weighted by Gasteiger charge is 2.34. The second kappa shape index (κ2) is 7.26. The van der Waals surface area contributed by atoms with Gasteiger partial charge in [-0.25, -0.2) is 4.98 Å². The van der Waals surface area contributed by atoms with E-state index in [0.717, 1.165) is 18.9 Å². The molecular formula is C15H21N7O2. The zero-order valence-electron chi connectivity index (χ0n) is 13.9. The molecule has 1 aliphatic rings. The molecule has 128 valence electrons. The number of hydrogen-bond acceptors (Lipinski definition) is 9. The molecule has 0 radical (unpaired) electrons. The first kappa shape index (κ1) is 16.2. The molecule has 1 aliphatic heterocycles. The second-order valence-corrected chi connectivity index (χ2v) is 5.38. The molecule has 0 aromatic carbocycles. The lowest BCUT2D eigenvalue weighted by molar-refractivity contribution is 0.113. The van der Waals surface area contributed by atoms with E-state index in [1.54, 1.807) is 33.5 Å². The van der Waals surface area contributed by atoms with Crippen LogP contribution in [-0.2, 0) is 4.74 Å². The highest BCUT2D eigenvalue weighted by atomic mass is 16.5. The highest BCUT2D eigenvalue weighted by Crippen LogP contribution is 2.23. The van der Waals surface area contributed by atoms with Crippen molar-refractivity contribution in [3.05, 3.63) is 24.4 Å². The average molecular weight is 331 g/mol. The molecule has 9 heteroatoms. The Morgan fingerprint density at radius 2 is 2.04 bits per heavy atom. The Bertz CT molecular complexity index is 667. The van der Waals surface area contributed by atoms with Gasteiger partial charge in [-0.05, 0) is 12.1 Å². The molecule has 0 amide bonds. The van der Waals surface area contributed by atoms with Gasteiger partial charge in [-0.15, -0.1) is 10.2 Å². The van der Waals surface area contributed by atoms with Crippen molar-refractivity contribution in [2.45, 2.75) is 12.1 Å². The summed E-state index contributed by atoms with van der Waals surface area (Å²) >= 11 is 0. The van der Waals surface area contributed by atoms with Crippen molar-refractivity contribution in [1.82, 2.24) is 20.2 Å². The molecule has 0 aliphatic carbocycles. The first-order valence-corrected chi connectivity index (χ1v) is 7.66. The second-order valence-electron chi connectivity index (χ2n) is 5.38. The van der Waals surface area contributed by atoms with Crippen LogP contribution in [0.15, 0.2) is 24.4 Å². The van der Waals surface area contributed by atoms with E-state index in [1.807, 2.05) is 12.1 Å². The predicted molar refractivity (Wildman–Crippen MR) is 90.6 cm³/mol. The molecule has 1 saturated heterocycles. The lowest BCUT2D eigenvalue weighted by atomic mass is 10.2. The fourth-order valence-electron chi connectivity index (χ4n) is 2.68. The van der Waals surface area contributed by atoms with E-state index in [9.17, 15) is 0 Å². The lowest BCUT2D eigenvalue weighted by Gasteiger charge is -2.18. The maximum Gasteiger partial charge on any atom is 0.233 e. The van der Waals surface area contributed by atoms with E-state index >= 15 is 0 Å². The number of hydrogen-bond donors (Lipinski definition) is 2. The van der Waals surface area contributed by atoms with Gasteiger partial charge in [-0.2, -0.15) is 4.98 Å². The summed E-state index contributed by atoms with van der Waals surface area (Å²) in [5.74, 6) is 2.63. The summed E-state index contributed by atoms with van der Waals surface area (Å²) in [5.41, 5.74) is 0. The van der Waals surface area contributed by atoms with Crippen LogP contribution in [-0.4, -0.2) is 66.7 Å². The number of aromatic nitrogens is 4. The number of nitrogens with one attached hydrogen (secondary N) is 2. The van der Waals surface area contributed by atoms with Crippen LogP contribution in [0, 0.1) is 0 Å². The molecule has 0 spiro atoms. The number of methoxy groups -OCH3 is 2. The van der Waals surface area contributed by atoms with E-state index in [4.69, 9.17) is 9.47 Å². The van der Waals surface area contributed by atoms with Crippen molar-refractivity contribution < 1.29 is 9.47 Å². The third kappa shape index (κ3) is 3.46. The number of nitrogens with zero attached hydrogens (tertiary/aromatic N) is 5. The SMILES string of the molecule is CNc1nccc(N2C[C@H](OC)[C@H](Nc3ccc(OC)nn3)C2)n1. The van der Waals surface area contributed by atoms with Crippen LogP contribution in [0.1, 0.15) is 0 Å². The summed E-state index contributed by atoms with van der Waals surface area (Å²) in [4.78, 5) is 10.8. The first-order valence-electron chi connectivity index (χ1n) is 7.66. The van der Waals surface area contributed by atoms with E-state index in [2.05, 4.69) is 35.7 Å². The minimum absolute atomic E-state index is 0.0157. The van der Waals surface area contributed by atoms with Crippen molar-refractivity contribution in [2.75, 3.05) is 49.9 Å². The third-order valence-electron chi connectivity index (χ3n) is 3.94. The quantitative estimate of drug-likeness (QED) is 0.790. The Hall–Kier alpha value is -2.68. The Labute approximate surface area is 140 Å². The molecule has 1 fully saturated rings. The fraction of sp³-hybridized carbons (Fsp3) is 0.467. The monoisotopic (exact) mass is 331 g/mol. The Morgan fingerprint density at radius 1 is 1.17 bits per heavy atom. The van der Waals surface area contributed by atoms with Gasteiger partial charge in [-0.1, -0.05) is 0 Å². The topological polar surface area (TPSA) is 97.3 Å². The summed E-state index contributed by atoms with van der Waals surface area (Å²) in [6.45, 7) is 1.48. The maximum absolute atomic E-state index is 5.61. The Balaban J connectivity index is 1.71. The van der Waals surface area contributed by atoms with Crippen LogP contribution in [0.2, 0.25) is 0 Å². The Kier molecular flexibility index (Phi) is 4.90. The van der Waals surface area contributed by atoms with Gasteiger partial charge in [0.05, 0.1) is 19.3 Å². The van der Waals surface area contributed by atoms with Gasteiger partial charge in [-0.3, -0.25) is 0 Å². The number of ether oxygens (including phenoxy) is 2. The highest BCUT2D eigenvalue weighted by molar-refractivity contribution is 5.46. The molecule has 3 rings (SSSR count). The van der Waals surface area contributed by atoms with Gasteiger partial charge in [0.2, 0.25) is 11.8 Å². The van der Waals surface area contributed by atoms with Crippen LogP contribution in [0.5, 0.6) is 5.88 Å². The van der Waals surface area contributed by atoms with Gasteiger partial charge >= 0.3 is 0 Å². The summed E-state index contributed by atoms with van der Waals surface area (Å²) < 4.78 is 10.6. The van der Waals surface area contributed by atoms with Crippen molar-refractivity contribution in [1.29, 1.82) is 0 Å². The molecule has 0 saturated carbocycles. The normalized spacial score (nSPS) is 20.0. The fourth-order valence-corrected chi connectivity index (χ4v) is 2.68. The molecule has 2 atom stereocenters. The van der Waals surface area contributed by atoms with Crippen LogP contribution >= 0.6 is 0 Å². The third-order valence-corrected chi connectivity index (χ3v) is 3.94. The van der Waals surface area contributed by atoms with Gasteiger partial charge < -0.3 is 25.0 Å². The van der Waals surface area contributed by atoms with E-state index in [0.29, 0.717) is 17.6 Å². The van der Waals surface area contributed by atoms with Crippen LogP contribution in [0.25, 0.3) is 0 Å². The van der Waals surface area contributed by atoms with Gasteiger partial charge in [0.1, 0.15) is 11.6 Å². The summed E-state index contributed by atoms with van der Waals surface area (Å²) in [6.07, 6.45) is 1.76. The minimum Gasteiger partial charge on any atom is -0.480 e.